The van der Waals surface area contributed by atoms with E-state index < -0.39 is 0 Å². The first-order valence-corrected chi connectivity index (χ1v) is 7.12. The van der Waals surface area contributed by atoms with Gasteiger partial charge in [-0.15, -0.1) is 11.3 Å². The third-order valence-corrected chi connectivity index (χ3v) is 4.36. The Kier molecular flexibility index (Phi) is 4.15. The molecule has 0 aliphatic carbocycles. The normalized spacial score (nSPS) is 10.9. The fourth-order valence-corrected chi connectivity index (χ4v) is 3.22. The molecule has 0 radical (unpaired) electrons. The second-order valence-corrected chi connectivity index (χ2v) is 5.78. The molecule has 1 heterocycles. The molecule has 0 fully saturated rings. The molecule has 0 bridgehead atoms. The zero-order valence-electron chi connectivity index (χ0n) is 11.5. The first-order valence-electron chi connectivity index (χ1n) is 6.30. The van der Waals surface area contributed by atoms with Gasteiger partial charge >= 0.3 is 0 Å². The molecule has 3 heteroatoms. The van der Waals surface area contributed by atoms with Gasteiger partial charge in [-0.05, 0) is 46.3 Å². The van der Waals surface area contributed by atoms with Gasteiger partial charge in [-0.1, -0.05) is 23.8 Å². The predicted molar refractivity (Wildman–Crippen MR) is 79.4 cm³/mol. The quantitative estimate of drug-likeness (QED) is 0.910. The standard InChI is InChI=1S/C15H20N2S/c1-10-5-6-13(11(2)9-10)15-17-12(3)14(18-15)7-8-16-4/h5-6,9,16H,7-8H2,1-4H3. The number of rotatable bonds is 4. The molecule has 0 aliphatic rings. The molecule has 1 aromatic carbocycles. The fraction of sp³-hybridized carbons (Fsp3) is 0.400. The third-order valence-electron chi connectivity index (χ3n) is 3.11. The van der Waals surface area contributed by atoms with Crippen LogP contribution >= 0.6 is 11.3 Å². The summed E-state index contributed by atoms with van der Waals surface area (Å²) in [5.41, 5.74) is 5.05. The molecule has 2 rings (SSSR count). The third kappa shape index (κ3) is 2.79. The Bertz CT molecular complexity index is 543. The van der Waals surface area contributed by atoms with Gasteiger partial charge in [-0.2, -0.15) is 0 Å². The lowest BCUT2D eigenvalue weighted by Gasteiger charge is -2.03. The van der Waals surface area contributed by atoms with E-state index in [2.05, 4.69) is 44.3 Å². The topological polar surface area (TPSA) is 24.9 Å². The van der Waals surface area contributed by atoms with Gasteiger partial charge in [-0.25, -0.2) is 4.98 Å². The molecule has 1 aromatic heterocycles. The second kappa shape index (κ2) is 5.63. The Morgan fingerprint density at radius 3 is 2.67 bits per heavy atom. The molecule has 96 valence electrons. The number of nitrogens with one attached hydrogen (secondary N) is 1. The van der Waals surface area contributed by atoms with Crippen molar-refractivity contribution in [1.29, 1.82) is 0 Å². The molecular formula is C15H20N2S. The Hall–Kier alpha value is -1.19. The molecule has 0 spiro atoms. The van der Waals surface area contributed by atoms with Crippen LogP contribution in [0.2, 0.25) is 0 Å². The summed E-state index contributed by atoms with van der Waals surface area (Å²) in [6.07, 6.45) is 1.06. The van der Waals surface area contributed by atoms with E-state index >= 15 is 0 Å². The van der Waals surface area contributed by atoms with Crippen LogP contribution in [0, 0.1) is 20.8 Å². The van der Waals surface area contributed by atoms with Gasteiger partial charge < -0.3 is 5.32 Å². The highest BCUT2D eigenvalue weighted by Gasteiger charge is 2.10. The molecule has 0 aliphatic heterocycles. The molecule has 2 aromatic rings. The van der Waals surface area contributed by atoms with Crippen LogP contribution in [0.4, 0.5) is 0 Å². The lowest BCUT2D eigenvalue weighted by Crippen LogP contribution is -2.09. The molecule has 0 saturated carbocycles. The van der Waals surface area contributed by atoms with Crippen molar-refractivity contribution in [3.05, 3.63) is 39.9 Å². The van der Waals surface area contributed by atoms with E-state index in [1.54, 1.807) is 0 Å². The van der Waals surface area contributed by atoms with Gasteiger partial charge in [0.05, 0.1) is 5.69 Å². The Morgan fingerprint density at radius 1 is 1.22 bits per heavy atom. The van der Waals surface area contributed by atoms with Crippen LogP contribution in [0.1, 0.15) is 21.7 Å². The molecular weight excluding hydrogens is 240 g/mol. The summed E-state index contributed by atoms with van der Waals surface area (Å²) in [6.45, 7) is 7.40. The van der Waals surface area contributed by atoms with Gasteiger partial charge in [0.2, 0.25) is 0 Å². The number of aryl methyl sites for hydroxylation is 3. The van der Waals surface area contributed by atoms with Crippen LogP contribution in [-0.4, -0.2) is 18.6 Å². The summed E-state index contributed by atoms with van der Waals surface area (Å²) in [6, 6.07) is 6.57. The Labute approximate surface area is 113 Å². The fourth-order valence-electron chi connectivity index (χ4n) is 2.07. The number of thiazole rings is 1. The highest BCUT2D eigenvalue weighted by Crippen LogP contribution is 2.30. The summed E-state index contributed by atoms with van der Waals surface area (Å²) in [7, 11) is 1.99. The summed E-state index contributed by atoms with van der Waals surface area (Å²) in [5.74, 6) is 0. The van der Waals surface area contributed by atoms with Gasteiger partial charge in [0.15, 0.2) is 0 Å². The van der Waals surface area contributed by atoms with Crippen molar-refractivity contribution >= 4 is 11.3 Å². The molecule has 0 unspecified atom stereocenters. The van der Waals surface area contributed by atoms with Gasteiger partial charge in [-0.3, -0.25) is 0 Å². The average molecular weight is 260 g/mol. The van der Waals surface area contributed by atoms with Crippen molar-refractivity contribution in [2.24, 2.45) is 0 Å². The second-order valence-electron chi connectivity index (χ2n) is 4.70. The number of hydrogen-bond donors (Lipinski definition) is 1. The molecule has 2 nitrogen and oxygen atoms in total. The van der Waals surface area contributed by atoms with Crippen molar-refractivity contribution in [3.63, 3.8) is 0 Å². The van der Waals surface area contributed by atoms with E-state index in [0.717, 1.165) is 18.0 Å². The number of aromatic nitrogens is 1. The van der Waals surface area contributed by atoms with Gasteiger partial charge in [0.1, 0.15) is 5.01 Å². The Morgan fingerprint density at radius 2 is 2.00 bits per heavy atom. The van der Waals surface area contributed by atoms with Crippen LogP contribution < -0.4 is 5.32 Å². The maximum atomic E-state index is 4.72. The number of benzene rings is 1. The maximum Gasteiger partial charge on any atom is 0.124 e. The maximum absolute atomic E-state index is 4.72. The molecule has 0 atom stereocenters. The average Bonchev–Trinajstić information content (AvgIpc) is 2.68. The van der Waals surface area contributed by atoms with Crippen LogP contribution in [0.15, 0.2) is 18.2 Å². The van der Waals surface area contributed by atoms with Gasteiger partial charge in [0, 0.05) is 10.4 Å². The van der Waals surface area contributed by atoms with Crippen molar-refractivity contribution in [3.8, 4) is 10.6 Å². The van der Waals surface area contributed by atoms with Crippen molar-refractivity contribution in [2.45, 2.75) is 27.2 Å². The minimum atomic E-state index is 1.01. The van der Waals surface area contributed by atoms with E-state index in [4.69, 9.17) is 4.98 Å². The van der Waals surface area contributed by atoms with Crippen LogP contribution in [0.5, 0.6) is 0 Å². The largest absolute Gasteiger partial charge is 0.319 e. The highest BCUT2D eigenvalue weighted by atomic mass is 32.1. The first kappa shape index (κ1) is 13.2. The summed E-state index contributed by atoms with van der Waals surface area (Å²) in [5, 5.41) is 4.34. The summed E-state index contributed by atoms with van der Waals surface area (Å²) in [4.78, 5) is 6.10. The molecule has 18 heavy (non-hydrogen) atoms. The summed E-state index contributed by atoms with van der Waals surface area (Å²) >= 11 is 1.82. The van der Waals surface area contributed by atoms with Crippen LogP contribution in [0.25, 0.3) is 10.6 Å². The lowest BCUT2D eigenvalue weighted by molar-refractivity contribution is 0.795. The number of nitrogens with zero attached hydrogens (tertiary/aromatic N) is 1. The molecule has 1 N–H and O–H groups in total. The smallest absolute Gasteiger partial charge is 0.124 e. The van der Waals surface area contributed by atoms with E-state index in [-0.39, 0.29) is 0 Å². The number of likely N-dealkylation sites (N-methyl/N-ethyl adjacent to an activating group) is 1. The monoisotopic (exact) mass is 260 g/mol. The zero-order valence-corrected chi connectivity index (χ0v) is 12.3. The minimum Gasteiger partial charge on any atom is -0.319 e. The van der Waals surface area contributed by atoms with Crippen LogP contribution in [0.3, 0.4) is 0 Å². The van der Waals surface area contributed by atoms with Crippen molar-refractivity contribution in [1.82, 2.24) is 10.3 Å². The van der Waals surface area contributed by atoms with E-state index in [0.29, 0.717) is 0 Å². The molecule has 0 amide bonds. The minimum absolute atomic E-state index is 1.01. The summed E-state index contributed by atoms with van der Waals surface area (Å²) < 4.78 is 0. The lowest BCUT2D eigenvalue weighted by atomic mass is 10.1. The van der Waals surface area contributed by atoms with E-state index in [9.17, 15) is 0 Å². The Balaban J connectivity index is 2.33. The van der Waals surface area contributed by atoms with Crippen molar-refractivity contribution in [2.75, 3.05) is 13.6 Å². The SMILES string of the molecule is CNCCc1sc(-c2ccc(C)cc2C)nc1C. The van der Waals surface area contributed by atoms with E-state index in [1.165, 1.54) is 27.3 Å². The molecule has 0 saturated heterocycles. The predicted octanol–water partition coefficient (Wildman–Crippen LogP) is 3.50. The van der Waals surface area contributed by atoms with Crippen LogP contribution in [-0.2, 0) is 6.42 Å². The van der Waals surface area contributed by atoms with E-state index in [1.807, 2.05) is 18.4 Å². The first-order chi connectivity index (χ1) is 8.61. The van der Waals surface area contributed by atoms with Crippen molar-refractivity contribution < 1.29 is 0 Å². The number of hydrogen-bond acceptors (Lipinski definition) is 3. The zero-order chi connectivity index (χ0) is 13.1. The highest BCUT2D eigenvalue weighted by molar-refractivity contribution is 7.15. The van der Waals surface area contributed by atoms with Gasteiger partial charge in [0.25, 0.3) is 0 Å².